The van der Waals surface area contributed by atoms with Crippen molar-refractivity contribution in [1.82, 2.24) is 10.2 Å². The first kappa shape index (κ1) is 35.0. The Bertz CT molecular complexity index is 1770. The maximum atomic E-state index is 14.6. The van der Waals surface area contributed by atoms with Gasteiger partial charge in [-0.3, -0.25) is 13.9 Å². The van der Waals surface area contributed by atoms with Crippen LogP contribution in [0, 0.1) is 13.8 Å². The van der Waals surface area contributed by atoms with Gasteiger partial charge in [0.25, 0.3) is 10.0 Å². The summed E-state index contributed by atoms with van der Waals surface area (Å²) in [5.41, 5.74) is 3.72. The van der Waals surface area contributed by atoms with Crippen molar-refractivity contribution in [2.45, 2.75) is 64.1 Å². The summed E-state index contributed by atoms with van der Waals surface area (Å²) in [6.45, 7) is 7.19. The van der Waals surface area contributed by atoms with Crippen molar-refractivity contribution in [1.29, 1.82) is 0 Å². The third-order valence-electron chi connectivity index (χ3n) is 7.79. The molecule has 2 amide bonds. The van der Waals surface area contributed by atoms with Crippen molar-refractivity contribution in [2.24, 2.45) is 0 Å². The third-order valence-corrected chi connectivity index (χ3v) is 10.3. The standard InChI is InChI=1S/C36H39Cl2N3O4S/c1-5-27(4)39-36(43)34(21-28-11-7-6-8-12-28)40(23-29-13-9-10-26(3)20-29)35(42)24-41(30-16-19-32(37)33(38)22-30)46(44,45)31-17-14-25(2)15-18-31/h6-20,22,27,34H,5,21,23-24H2,1-4H3,(H,39,43)/t27-,34+/m0/s1. The fourth-order valence-corrected chi connectivity index (χ4v) is 6.71. The summed E-state index contributed by atoms with van der Waals surface area (Å²) in [4.78, 5) is 30.0. The summed E-state index contributed by atoms with van der Waals surface area (Å²) in [5, 5.41) is 3.43. The molecule has 0 aliphatic rings. The number of carbonyl (C=O) groups is 2. The maximum absolute atomic E-state index is 14.6. The van der Waals surface area contributed by atoms with E-state index in [0.717, 1.165) is 26.6 Å². The van der Waals surface area contributed by atoms with Gasteiger partial charge >= 0.3 is 0 Å². The van der Waals surface area contributed by atoms with Gasteiger partial charge in [0.2, 0.25) is 11.8 Å². The number of nitrogens with one attached hydrogen (secondary N) is 1. The highest BCUT2D eigenvalue weighted by Gasteiger charge is 2.35. The number of aryl methyl sites for hydroxylation is 2. The summed E-state index contributed by atoms with van der Waals surface area (Å²) in [7, 11) is -4.25. The number of hydrogen-bond donors (Lipinski definition) is 1. The average Bonchev–Trinajstić information content (AvgIpc) is 3.03. The van der Waals surface area contributed by atoms with Crippen molar-refractivity contribution < 1.29 is 18.0 Å². The zero-order valence-corrected chi connectivity index (χ0v) is 28.7. The van der Waals surface area contributed by atoms with E-state index in [1.54, 1.807) is 12.1 Å². The van der Waals surface area contributed by atoms with Gasteiger partial charge in [0.15, 0.2) is 0 Å². The van der Waals surface area contributed by atoms with Gasteiger partial charge in [0, 0.05) is 19.0 Å². The number of sulfonamides is 1. The molecule has 7 nitrogen and oxygen atoms in total. The molecular formula is C36H39Cl2N3O4S. The van der Waals surface area contributed by atoms with Crippen LogP contribution in [0.1, 0.15) is 42.5 Å². The number of amides is 2. The van der Waals surface area contributed by atoms with E-state index >= 15 is 0 Å². The van der Waals surface area contributed by atoms with Crippen LogP contribution in [0.3, 0.4) is 0 Å². The molecule has 10 heteroatoms. The van der Waals surface area contributed by atoms with E-state index in [9.17, 15) is 18.0 Å². The van der Waals surface area contributed by atoms with Gasteiger partial charge in [-0.2, -0.15) is 0 Å². The Labute approximate surface area is 282 Å². The number of nitrogens with zero attached hydrogens (tertiary/aromatic N) is 2. The lowest BCUT2D eigenvalue weighted by Crippen LogP contribution is -2.54. The Morgan fingerprint density at radius 3 is 2.11 bits per heavy atom. The van der Waals surface area contributed by atoms with Gasteiger partial charge in [-0.15, -0.1) is 0 Å². The molecule has 0 aromatic heterocycles. The molecule has 0 bridgehead atoms. The van der Waals surface area contributed by atoms with Crippen LogP contribution in [0.2, 0.25) is 10.0 Å². The molecule has 0 saturated carbocycles. The Balaban J connectivity index is 1.83. The quantitative estimate of drug-likeness (QED) is 0.160. The molecule has 1 N–H and O–H groups in total. The van der Waals surface area contributed by atoms with Gasteiger partial charge in [0.05, 0.1) is 20.6 Å². The van der Waals surface area contributed by atoms with Crippen molar-refractivity contribution in [2.75, 3.05) is 10.8 Å². The molecule has 2 atom stereocenters. The zero-order valence-electron chi connectivity index (χ0n) is 26.4. The summed E-state index contributed by atoms with van der Waals surface area (Å²) in [6.07, 6.45) is 0.938. The SMILES string of the molecule is CC[C@H](C)NC(=O)[C@@H](Cc1ccccc1)N(Cc1cccc(C)c1)C(=O)CN(c1ccc(Cl)c(Cl)c1)S(=O)(=O)c1ccc(C)cc1. The molecule has 0 spiro atoms. The van der Waals surface area contributed by atoms with E-state index in [4.69, 9.17) is 23.2 Å². The minimum atomic E-state index is -4.25. The van der Waals surface area contributed by atoms with Crippen LogP contribution in [0.4, 0.5) is 5.69 Å². The summed E-state index contributed by atoms with van der Waals surface area (Å²) < 4.78 is 29.4. The molecule has 0 aliphatic heterocycles. The van der Waals surface area contributed by atoms with E-state index in [-0.39, 0.29) is 45.5 Å². The fourth-order valence-electron chi connectivity index (χ4n) is 5.01. The molecule has 0 saturated heterocycles. The molecule has 4 aromatic rings. The first-order valence-electron chi connectivity index (χ1n) is 15.1. The molecule has 4 rings (SSSR count). The maximum Gasteiger partial charge on any atom is 0.264 e. The van der Waals surface area contributed by atoms with Crippen LogP contribution < -0.4 is 9.62 Å². The number of benzene rings is 4. The van der Waals surface area contributed by atoms with E-state index in [1.165, 1.54) is 35.2 Å². The monoisotopic (exact) mass is 679 g/mol. The van der Waals surface area contributed by atoms with Crippen molar-refractivity contribution in [3.63, 3.8) is 0 Å². The molecular weight excluding hydrogens is 641 g/mol. The predicted molar refractivity (Wildman–Crippen MR) is 186 cm³/mol. The van der Waals surface area contributed by atoms with Gasteiger partial charge in [-0.1, -0.05) is 108 Å². The molecule has 0 fully saturated rings. The van der Waals surface area contributed by atoms with Crippen LogP contribution in [0.25, 0.3) is 0 Å². The average molecular weight is 681 g/mol. The Morgan fingerprint density at radius 2 is 1.48 bits per heavy atom. The van der Waals surface area contributed by atoms with Crippen molar-refractivity contribution in [3.05, 3.63) is 129 Å². The third kappa shape index (κ3) is 8.90. The smallest absolute Gasteiger partial charge is 0.264 e. The lowest BCUT2D eigenvalue weighted by atomic mass is 10.0. The topological polar surface area (TPSA) is 86.8 Å². The van der Waals surface area contributed by atoms with Gasteiger partial charge in [-0.05, 0) is 68.7 Å². The normalized spacial score (nSPS) is 12.7. The molecule has 0 aliphatic carbocycles. The number of anilines is 1. The summed E-state index contributed by atoms with van der Waals surface area (Å²) in [5.74, 6) is -0.870. The predicted octanol–water partition coefficient (Wildman–Crippen LogP) is 7.36. The van der Waals surface area contributed by atoms with Crippen LogP contribution in [0.5, 0.6) is 0 Å². The zero-order chi connectivity index (χ0) is 33.4. The Hall–Kier alpha value is -3.85. The Kier molecular flexibility index (Phi) is 11.9. The summed E-state index contributed by atoms with van der Waals surface area (Å²) >= 11 is 12.5. The van der Waals surface area contributed by atoms with Gasteiger partial charge in [-0.25, -0.2) is 8.42 Å². The Morgan fingerprint density at radius 1 is 0.804 bits per heavy atom. The highest BCUT2D eigenvalue weighted by atomic mass is 35.5. The van der Waals surface area contributed by atoms with Crippen LogP contribution in [0.15, 0.2) is 102 Å². The molecule has 0 heterocycles. The van der Waals surface area contributed by atoms with Gasteiger partial charge < -0.3 is 10.2 Å². The van der Waals surface area contributed by atoms with Crippen LogP contribution >= 0.6 is 23.2 Å². The highest BCUT2D eigenvalue weighted by Crippen LogP contribution is 2.31. The highest BCUT2D eigenvalue weighted by molar-refractivity contribution is 7.92. The second-order valence-electron chi connectivity index (χ2n) is 11.5. The number of rotatable bonds is 13. The van der Waals surface area contributed by atoms with E-state index < -0.39 is 28.5 Å². The number of halogens is 2. The molecule has 242 valence electrons. The minimum Gasteiger partial charge on any atom is -0.352 e. The molecule has 4 aromatic carbocycles. The first-order chi connectivity index (χ1) is 21.9. The van der Waals surface area contributed by atoms with Crippen molar-refractivity contribution in [3.8, 4) is 0 Å². The molecule has 0 unspecified atom stereocenters. The van der Waals surface area contributed by atoms with E-state index in [2.05, 4.69) is 5.32 Å². The summed E-state index contributed by atoms with van der Waals surface area (Å²) in [6, 6.07) is 26.9. The van der Waals surface area contributed by atoms with Crippen LogP contribution in [-0.4, -0.2) is 43.8 Å². The minimum absolute atomic E-state index is 0.0116. The number of carbonyl (C=O) groups excluding carboxylic acids is 2. The second-order valence-corrected chi connectivity index (χ2v) is 14.1. The van der Waals surface area contributed by atoms with Crippen molar-refractivity contribution >= 4 is 50.7 Å². The lowest BCUT2D eigenvalue weighted by molar-refractivity contribution is -0.140. The van der Waals surface area contributed by atoms with E-state index in [1.807, 2.05) is 82.3 Å². The fraction of sp³-hybridized carbons (Fsp3) is 0.278. The molecule has 46 heavy (non-hydrogen) atoms. The van der Waals surface area contributed by atoms with Gasteiger partial charge in [0.1, 0.15) is 12.6 Å². The van der Waals surface area contributed by atoms with E-state index in [0.29, 0.717) is 6.42 Å². The van der Waals surface area contributed by atoms with Crippen LogP contribution in [-0.2, 0) is 32.6 Å². The second kappa shape index (κ2) is 15.6. The lowest BCUT2D eigenvalue weighted by Gasteiger charge is -2.34. The first-order valence-corrected chi connectivity index (χ1v) is 17.3. The largest absolute Gasteiger partial charge is 0.352 e. The number of hydrogen-bond acceptors (Lipinski definition) is 4. The molecule has 0 radical (unpaired) electrons.